The van der Waals surface area contributed by atoms with E-state index < -0.39 is 0 Å². The van der Waals surface area contributed by atoms with Crippen molar-refractivity contribution < 1.29 is 4.79 Å². The molecule has 92 valence electrons. The van der Waals surface area contributed by atoms with Crippen molar-refractivity contribution >= 4 is 11.7 Å². The predicted octanol–water partition coefficient (Wildman–Crippen LogP) is 2.07. The highest BCUT2D eigenvalue weighted by Gasteiger charge is 2.39. The van der Waals surface area contributed by atoms with Crippen LogP contribution >= 0.6 is 0 Å². The summed E-state index contributed by atoms with van der Waals surface area (Å²) in [5.74, 6) is 1.30. The molecule has 2 aromatic rings. The lowest BCUT2D eigenvalue weighted by Gasteiger charge is -1.98. The molecule has 0 spiro atoms. The van der Waals surface area contributed by atoms with E-state index in [1.807, 2.05) is 18.2 Å². The molecule has 0 saturated heterocycles. The van der Waals surface area contributed by atoms with Crippen LogP contribution < -0.4 is 5.32 Å². The largest absolute Gasteiger partial charge is 0.309 e. The third-order valence-electron chi connectivity index (χ3n) is 3.27. The minimum atomic E-state index is 0.0651. The van der Waals surface area contributed by atoms with E-state index in [9.17, 15) is 4.79 Å². The van der Waals surface area contributed by atoms with Crippen molar-refractivity contribution in [3.63, 3.8) is 0 Å². The molecule has 2 atom stereocenters. The predicted molar refractivity (Wildman–Crippen MR) is 67.7 cm³/mol. The fraction of sp³-hybridized carbons (Fsp3) is 0.308. The molecule has 18 heavy (non-hydrogen) atoms. The summed E-state index contributed by atoms with van der Waals surface area (Å²) in [6, 6.07) is 5.62. The van der Waals surface area contributed by atoms with Crippen molar-refractivity contribution in [2.75, 3.05) is 5.32 Å². The molecule has 5 heteroatoms. The normalized spacial score (nSPS) is 21.6. The minimum absolute atomic E-state index is 0.0651. The number of aromatic amines is 1. The van der Waals surface area contributed by atoms with E-state index in [0.717, 1.165) is 17.7 Å². The number of anilines is 1. The maximum absolute atomic E-state index is 11.8. The molecule has 0 aliphatic heterocycles. The van der Waals surface area contributed by atoms with Gasteiger partial charge in [0.25, 0.3) is 0 Å². The van der Waals surface area contributed by atoms with Gasteiger partial charge in [-0.15, -0.1) is 0 Å². The fourth-order valence-corrected chi connectivity index (χ4v) is 1.97. The lowest BCUT2D eigenvalue weighted by molar-refractivity contribution is -0.117. The second kappa shape index (κ2) is 4.25. The van der Waals surface area contributed by atoms with Crippen molar-refractivity contribution in [3.8, 4) is 11.3 Å². The first kappa shape index (κ1) is 11.0. The molecule has 1 saturated carbocycles. The highest BCUT2D eigenvalue weighted by atomic mass is 16.2. The second-order valence-electron chi connectivity index (χ2n) is 4.71. The minimum Gasteiger partial charge on any atom is -0.309 e. The standard InChI is InChI=1S/C13H14N4O/c1-8-6-10(8)13(18)15-12-7-11(16-17-12)9-2-4-14-5-3-9/h2-5,7-8,10H,6H2,1H3,(H2,15,16,17,18). The molecule has 0 aromatic carbocycles. The number of nitrogens with zero attached hydrogens (tertiary/aromatic N) is 2. The highest BCUT2D eigenvalue weighted by molar-refractivity contribution is 5.94. The Labute approximate surface area is 105 Å². The second-order valence-corrected chi connectivity index (χ2v) is 4.71. The molecule has 2 N–H and O–H groups in total. The average Bonchev–Trinajstić information content (AvgIpc) is 2.95. The fourth-order valence-electron chi connectivity index (χ4n) is 1.97. The van der Waals surface area contributed by atoms with Crippen molar-refractivity contribution in [1.29, 1.82) is 0 Å². The summed E-state index contributed by atoms with van der Waals surface area (Å²) >= 11 is 0. The van der Waals surface area contributed by atoms with E-state index in [1.165, 1.54) is 0 Å². The van der Waals surface area contributed by atoms with E-state index in [1.54, 1.807) is 12.4 Å². The number of H-pyrrole nitrogens is 1. The van der Waals surface area contributed by atoms with Crippen LogP contribution in [0.15, 0.2) is 30.6 Å². The Morgan fingerprint density at radius 2 is 2.17 bits per heavy atom. The average molecular weight is 242 g/mol. The Kier molecular flexibility index (Phi) is 2.59. The Bertz CT molecular complexity index is 563. The van der Waals surface area contributed by atoms with Gasteiger partial charge in [-0.05, 0) is 24.5 Å². The van der Waals surface area contributed by atoms with E-state index in [-0.39, 0.29) is 11.8 Å². The molecule has 0 bridgehead atoms. The summed E-state index contributed by atoms with van der Waals surface area (Å²) in [4.78, 5) is 15.7. The smallest absolute Gasteiger partial charge is 0.228 e. The van der Waals surface area contributed by atoms with Crippen LogP contribution in [0, 0.1) is 11.8 Å². The summed E-state index contributed by atoms with van der Waals surface area (Å²) in [5.41, 5.74) is 1.87. The van der Waals surface area contributed by atoms with Gasteiger partial charge in [-0.1, -0.05) is 6.92 Å². The van der Waals surface area contributed by atoms with Crippen molar-refractivity contribution in [2.45, 2.75) is 13.3 Å². The van der Waals surface area contributed by atoms with Crippen LogP contribution in [0.3, 0.4) is 0 Å². The van der Waals surface area contributed by atoms with Gasteiger partial charge < -0.3 is 5.32 Å². The molecule has 2 heterocycles. The van der Waals surface area contributed by atoms with Gasteiger partial charge in [0.05, 0.1) is 5.69 Å². The molecule has 5 nitrogen and oxygen atoms in total. The van der Waals surface area contributed by atoms with Crippen molar-refractivity contribution in [2.24, 2.45) is 11.8 Å². The zero-order chi connectivity index (χ0) is 12.5. The number of aromatic nitrogens is 3. The zero-order valence-corrected chi connectivity index (χ0v) is 10.1. The van der Waals surface area contributed by atoms with Gasteiger partial charge in [-0.25, -0.2) is 0 Å². The van der Waals surface area contributed by atoms with Gasteiger partial charge in [0.2, 0.25) is 5.91 Å². The van der Waals surface area contributed by atoms with Crippen LogP contribution in [0.25, 0.3) is 11.3 Å². The lowest BCUT2D eigenvalue weighted by atomic mass is 10.2. The monoisotopic (exact) mass is 242 g/mol. The maximum atomic E-state index is 11.8. The number of nitrogens with one attached hydrogen (secondary N) is 2. The summed E-state index contributed by atoms with van der Waals surface area (Å²) in [7, 11) is 0. The number of rotatable bonds is 3. The van der Waals surface area contributed by atoms with E-state index in [2.05, 4.69) is 27.4 Å². The third kappa shape index (κ3) is 2.11. The molecule has 1 aliphatic rings. The molecule has 1 fully saturated rings. The van der Waals surface area contributed by atoms with Crippen LogP contribution in [0.5, 0.6) is 0 Å². The maximum Gasteiger partial charge on any atom is 0.228 e. The molecule has 1 amide bonds. The number of hydrogen-bond acceptors (Lipinski definition) is 3. The van der Waals surface area contributed by atoms with Crippen molar-refractivity contribution in [3.05, 3.63) is 30.6 Å². The Morgan fingerprint density at radius 3 is 2.83 bits per heavy atom. The molecular weight excluding hydrogens is 228 g/mol. The van der Waals surface area contributed by atoms with Crippen LogP contribution in [0.2, 0.25) is 0 Å². The van der Waals surface area contributed by atoms with E-state index in [0.29, 0.717) is 11.7 Å². The molecule has 2 aromatic heterocycles. The van der Waals surface area contributed by atoms with E-state index in [4.69, 9.17) is 0 Å². The molecule has 1 aliphatic carbocycles. The summed E-state index contributed by atoms with van der Waals surface area (Å²) in [5, 5.41) is 9.82. The van der Waals surface area contributed by atoms with Crippen molar-refractivity contribution in [1.82, 2.24) is 15.2 Å². The molecule has 0 radical (unpaired) electrons. The van der Waals surface area contributed by atoms with Crippen LogP contribution in [0.4, 0.5) is 5.82 Å². The number of hydrogen-bond donors (Lipinski definition) is 2. The first-order valence-electron chi connectivity index (χ1n) is 6.00. The zero-order valence-electron chi connectivity index (χ0n) is 10.1. The highest BCUT2D eigenvalue weighted by Crippen LogP contribution is 2.38. The van der Waals surface area contributed by atoms with Gasteiger partial charge in [-0.2, -0.15) is 5.10 Å². The Balaban J connectivity index is 1.72. The Morgan fingerprint density at radius 1 is 1.44 bits per heavy atom. The van der Waals surface area contributed by atoms with Gasteiger partial charge in [-0.3, -0.25) is 14.9 Å². The van der Waals surface area contributed by atoms with Gasteiger partial charge in [0.15, 0.2) is 5.82 Å². The summed E-state index contributed by atoms with van der Waals surface area (Å²) in [6.45, 7) is 2.08. The molecule has 2 unspecified atom stereocenters. The van der Waals surface area contributed by atoms with Crippen LogP contribution in [-0.2, 0) is 4.79 Å². The number of amides is 1. The molecule has 3 rings (SSSR count). The summed E-state index contributed by atoms with van der Waals surface area (Å²) in [6.07, 6.45) is 4.42. The van der Waals surface area contributed by atoms with Gasteiger partial charge >= 0.3 is 0 Å². The quantitative estimate of drug-likeness (QED) is 0.865. The first-order chi connectivity index (χ1) is 8.74. The lowest BCUT2D eigenvalue weighted by Crippen LogP contribution is -2.14. The third-order valence-corrected chi connectivity index (χ3v) is 3.27. The first-order valence-corrected chi connectivity index (χ1v) is 6.00. The number of carbonyl (C=O) groups excluding carboxylic acids is 1. The topological polar surface area (TPSA) is 70.7 Å². The van der Waals surface area contributed by atoms with Crippen LogP contribution in [0.1, 0.15) is 13.3 Å². The van der Waals surface area contributed by atoms with Gasteiger partial charge in [0.1, 0.15) is 0 Å². The summed E-state index contributed by atoms with van der Waals surface area (Å²) < 4.78 is 0. The van der Waals surface area contributed by atoms with Gasteiger partial charge in [0, 0.05) is 29.9 Å². The van der Waals surface area contributed by atoms with Crippen LogP contribution in [-0.4, -0.2) is 21.1 Å². The Hall–Kier alpha value is -2.17. The SMILES string of the molecule is CC1CC1C(=O)Nc1cc(-c2ccncc2)[nH]n1. The van der Waals surface area contributed by atoms with E-state index >= 15 is 0 Å². The number of carbonyl (C=O) groups is 1. The number of pyridine rings is 1. The molecular formula is C13H14N4O.